The van der Waals surface area contributed by atoms with Gasteiger partial charge in [-0.05, 0) is 49.6 Å². The van der Waals surface area contributed by atoms with E-state index in [1.165, 1.54) is 17.9 Å². The van der Waals surface area contributed by atoms with E-state index in [0.29, 0.717) is 23.8 Å². The van der Waals surface area contributed by atoms with E-state index < -0.39 is 28.5 Å². The number of hydrogen-bond donors (Lipinski definition) is 1. The number of anilines is 1. The lowest BCUT2D eigenvalue weighted by atomic mass is 10.1. The fraction of sp³-hybridized carbons (Fsp3) is 0.462. The smallest absolute Gasteiger partial charge is 0.244 e. The molecule has 2 aromatic carbocycles. The van der Waals surface area contributed by atoms with Crippen LogP contribution < -0.4 is 23.8 Å². The predicted octanol–water partition coefficient (Wildman–Crippen LogP) is 2.77. The van der Waals surface area contributed by atoms with Crippen LogP contribution in [0.5, 0.6) is 17.2 Å². The van der Waals surface area contributed by atoms with E-state index in [0.717, 1.165) is 9.87 Å². The first-order valence-corrected chi connectivity index (χ1v) is 13.8. The Morgan fingerprint density at radius 2 is 1.73 bits per heavy atom. The van der Waals surface area contributed by atoms with Crippen LogP contribution in [0.4, 0.5) is 5.69 Å². The Kier molecular flexibility index (Phi) is 9.25. The second-order valence-electron chi connectivity index (χ2n) is 9.13. The molecule has 37 heavy (non-hydrogen) atoms. The third-order valence-corrected chi connectivity index (χ3v) is 7.73. The van der Waals surface area contributed by atoms with Crippen molar-refractivity contribution in [2.45, 2.75) is 40.3 Å². The van der Waals surface area contributed by atoms with Gasteiger partial charge in [0, 0.05) is 19.2 Å². The summed E-state index contributed by atoms with van der Waals surface area (Å²) in [5.74, 6) is 0.752. The van der Waals surface area contributed by atoms with Crippen molar-refractivity contribution in [3.8, 4) is 17.2 Å². The molecule has 1 aliphatic heterocycles. The molecule has 1 N–H and O–H groups in total. The first-order valence-electron chi connectivity index (χ1n) is 12.2. The molecule has 202 valence electrons. The van der Waals surface area contributed by atoms with Crippen LogP contribution in [0.2, 0.25) is 0 Å². The third-order valence-electron chi connectivity index (χ3n) is 5.99. The summed E-state index contributed by atoms with van der Waals surface area (Å²) in [4.78, 5) is 28.0. The number of nitrogens with zero attached hydrogens (tertiary/aromatic N) is 2. The molecule has 0 spiro atoms. The van der Waals surface area contributed by atoms with Gasteiger partial charge in [-0.25, -0.2) is 8.42 Å². The van der Waals surface area contributed by atoms with Crippen molar-refractivity contribution < 1.29 is 32.2 Å². The van der Waals surface area contributed by atoms with Crippen molar-refractivity contribution in [3.05, 3.63) is 48.0 Å². The van der Waals surface area contributed by atoms with E-state index in [-0.39, 0.29) is 36.6 Å². The number of ether oxygens (including phenoxy) is 3. The van der Waals surface area contributed by atoms with E-state index in [1.54, 1.807) is 50.4 Å². The average Bonchev–Trinajstić information content (AvgIpc) is 3.36. The summed E-state index contributed by atoms with van der Waals surface area (Å²) in [7, 11) is -2.28. The highest BCUT2D eigenvalue weighted by molar-refractivity contribution is 7.92. The highest BCUT2D eigenvalue weighted by atomic mass is 32.2. The number of amides is 2. The predicted molar refractivity (Wildman–Crippen MR) is 140 cm³/mol. The van der Waals surface area contributed by atoms with E-state index >= 15 is 0 Å². The molecule has 0 fully saturated rings. The number of carbonyl (C=O) groups excluding carboxylic acids is 2. The molecule has 0 aliphatic carbocycles. The van der Waals surface area contributed by atoms with E-state index in [2.05, 4.69) is 5.32 Å². The Morgan fingerprint density at radius 1 is 1.05 bits per heavy atom. The maximum atomic E-state index is 13.7. The van der Waals surface area contributed by atoms with E-state index in [9.17, 15) is 18.0 Å². The zero-order chi connectivity index (χ0) is 27.2. The minimum absolute atomic E-state index is 0.0386. The molecule has 0 aromatic heterocycles. The molecule has 0 saturated carbocycles. The van der Waals surface area contributed by atoms with E-state index in [1.807, 2.05) is 13.8 Å². The minimum Gasteiger partial charge on any atom is -0.497 e. The van der Waals surface area contributed by atoms with Gasteiger partial charge in [0.1, 0.15) is 18.3 Å². The molecule has 0 bridgehead atoms. The number of benzene rings is 2. The topological polar surface area (TPSA) is 114 Å². The maximum absolute atomic E-state index is 13.7. The van der Waals surface area contributed by atoms with Gasteiger partial charge < -0.3 is 24.4 Å². The number of rotatable bonds is 12. The lowest BCUT2D eigenvalue weighted by molar-refractivity contribution is -0.139. The standard InChI is InChI=1S/C26H35N3O7S/c1-6-37(32,33)29(21-9-12-23-24(13-21)36-17-35-23)16-25(30)28(19(4)26(31)27-14-18(2)3)15-20-7-10-22(34-5)11-8-20/h7-13,18-19H,6,14-17H2,1-5H3,(H,27,31)/t19-/m0/s1. The number of nitrogens with one attached hydrogen (secondary N) is 1. The molecule has 0 radical (unpaired) electrons. The van der Waals surface area contributed by atoms with Crippen LogP contribution in [0.25, 0.3) is 0 Å². The summed E-state index contributed by atoms with van der Waals surface area (Å²) < 4.78 is 43.1. The number of hydrogen-bond acceptors (Lipinski definition) is 7. The summed E-state index contributed by atoms with van der Waals surface area (Å²) in [6.07, 6.45) is 0. The van der Waals surface area contributed by atoms with Gasteiger partial charge in [-0.1, -0.05) is 26.0 Å². The van der Waals surface area contributed by atoms with Crippen molar-refractivity contribution in [3.63, 3.8) is 0 Å². The van der Waals surface area contributed by atoms with Crippen LogP contribution in [0.1, 0.15) is 33.3 Å². The molecule has 10 nitrogen and oxygen atoms in total. The normalized spacial score (nSPS) is 13.2. The third kappa shape index (κ3) is 7.06. The van der Waals surface area contributed by atoms with Crippen LogP contribution in [0, 0.1) is 5.92 Å². The molecule has 2 aromatic rings. The fourth-order valence-electron chi connectivity index (χ4n) is 3.72. The van der Waals surface area contributed by atoms with Crippen molar-refractivity contribution in [2.75, 3.05) is 37.1 Å². The van der Waals surface area contributed by atoms with Gasteiger partial charge in [0.05, 0.1) is 18.6 Å². The van der Waals surface area contributed by atoms with Crippen molar-refractivity contribution in [1.82, 2.24) is 10.2 Å². The molecule has 0 saturated heterocycles. The molecule has 1 aliphatic rings. The van der Waals surface area contributed by atoms with Gasteiger partial charge >= 0.3 is 0 Å². The monoisotopic (exact) mass is 533 g/mol. The highest BCUT2D eigenvalue weighted by Crippen LogP contribution is 2.36. The van der Waals surface area contributed by atoms with Gasteiger partial charge in [-0.3, -0.25) is 13.9 Å². The Morgan fingerprint density at radius 3 is 2.35 bits per heavy atom. The Hall–Kier alpha value is -3.47. The Balaban J connectivity index is 1.91. The Labute approximate surface area is 218 Å². The van der Waals surface area contributed by atoms with Crippen LogP contribution in [-0.4, -0.2) is 63.9 Å². The van der Waals surface area contributed by atoms with Gasteiger partial charge in [-0.2, -0.15) is 0 Å². The van der Waals surface area contributed by atoms with E-state index in [4.69, 9.17) is 14.2 Å². The lowest BCUT2D eigenvalue weighted by Gasteiger charge is -2.32. The average molecular weight is 534 g/mol. The summed E-state index contributed by atoms with van der Waals surface area (Å²) in [5.41, 5.74) is 1.05. The fourth-order valence-corrected chi connectivity index (χ4v) is 4.78. The number of sulfonamides is 1. The number of methoxy groups -OCH3 is 1. The second-order valence-corrected chi connectivity index (χ2v) is 11.3. The molecule has 3 rings (SSSR count). The van der Waals surface area contributed by atoms with Crippen LogP contribution in [-0.2, 0) is 26.2 Å². The van der Waals surface area contributed by atoms with Crippen LogP contribution in [0.3, 0.4) is 0 Å². The van der Waals surface area contributed by atoms with Gasteiger partial charge in [-0.15, -0.1) is 0 Å². The van der Waals surface area contributed by atoms with Crippen LogP contribution in [0.15, 0.2) is 42.5 Å². The van der Waals surface area contributed by atoms with Crippen LogP contribution >= 0.6 is 0 Å². The maximum Gasteiger partial charge on any atom is 0.244 e. The minimum atomic E-state index is -3.84. The number of carbonyl (C=O) groups is 2. The zero-order valence-electron chi connectivity index (χ0n) is 21.9. The largest absolute Gasteiger partial charge is 0.497 e. The summed E-state index contributed by atoms with van der Waals surface area (Å²) in [6.45, 7) is 7.23. The first-order chi connectivity index (χ1) is 17.6. The molecule has 0 unspecified atom stereocenters. The van der Waals surface area contributed by atoms with Crippen molar-refractivity contribution in [2.24, 2.45) is 5.92 Å². The lowest BCUT2D eigenvalue weighted by Crippen LogP contribution is -2.51. The zero-order valence-corrected chi connectivity index (χ0v) is 22.7. The van der Waals surface area contributed by atoms with Gasteiger partial charge in [0.15, 0.2) is 11.5 Å². The molecule has 2 amide bonds. The summed E-state index contributed by atoms with van der Waals surface area (Å²) >= 11 is 0. The first kappa shape index (κ1) is 28.1. The number of fused-ring (bicyclic) bond motifs is 1. The molecular weight excluding hydrogens is 498 g/mol. The second kappa shape index (κ2) is 12.2. The molecule has 1 heterocycles. The summed E-state index contributed by atoms with van der Waals surface area (Å²) in [6, 6.07) is 11.0. The molecular formula is C26H35N3O7S. The molecule has 11 heteroatoms. The highest BCUT2D eigenvalue weighted by Gasteiger charge is 2.31. The SMILES string of the molecule is CCS(=O)(=O)N(CC(=O)N(Cc1ccc(OC)cc1)[C@@H](C)C(=O)NCC(C)C)c1ccc2c(c1)OCO2. The summed E-state index contributed by atoms with van der Waals surface area (Å²) in [5, 5.41) is 2.86. The quantitative estimate of drug-likeness (QED) is 0.446. The van der Waals surface area contributed by atoms with Crippen molar-refractivity contribution >= 4 is 27.5 Å². The Bertz CT molecular complexity index is 1200. The molecule has 1 atom stereocenters. The van der Waals surface area contributed by atoms with Gasteiger partial charge in [0.25, 0.3) is 0 Å². The van der Waals surface area contributed by atoms with Gasteiger partial charge in [0.2, 0.25) is 28.6 Å². The van der Waals surface area contributed by atoms with Crippen molar-refractivity contribution in [1.29, 1.82) is 0 Å².